The minimum atomic E-state index is -4.60. The number of rotatable bonds is 5. The van der Waals surface area contributed by atoms with Crippen molar-refractivity contribution in [3.05, 3.63) is 30.2 Å². The third-order valence-electron chi connectivity index (χ3n) is 4.02. The lowest BCUT2D eigenvalue weighted by atomic mass is 10.2. The van der Waals surface area contributed by atoms with Gasteiger partial charge in [-0.05, 0) is 31.4 Å². The highest BCUT2D eigenvalue weighted by Crippen LogP contribution is 2.34. The largest absolute Gasteiger partial charge is 0.468 e. The van der Waals surface area contributed by atoms with Gasteiger partial charge in [0.2, 0.25) is 0 Å². The maximum atomic E-state index is 13.2. The van der Waals surface area contributed by atoms with Crippen molar-refractivity contribution >= 4 is 17.7 Å². The summed E-state index contributed by atoms with van der Waals surface area (Å²) >= 11 is 0.961. The van der Waals surface area contributed by atoms with Crippen molar-refractivity contribution in [1.82, 2.24) is 14.8 Å². The summed E-state index contributed by atoms with van der Waals surface area (Å²) in [5.74, 6) is -0.610. The lowest BCUT2D eigenvalue weighted by Gasteiger charge is -2.22. The van der Waals surface area contributed by atoms with Gasteiger partial charge in [0, 0.05) is 23.3 Å². The van der Waals surface area contributed by atoms with E-state index in [2.05, 4.69) is 14.8 Å². The highest BCUT2D eigenvalue weighted by Gasteiger charge is 2.33. The summed E-state index contributed by atoms with van der Waals surface area (Å²) in [6, 6.07) is 2.43. The molecule has 0 spiro atoms. The van der Waals surface area contributed by atoms with E-state index in [9.17, 15) is 18.0 Å². The second-order valence-corrected chi connectivity index (χ2v) is 7.01. The van der Waals surface area contributed by atoms with Crippen LogP contribution in [0.1, 0.15) is 31.2 Å². The Hall–Kier alpha value is -2.07. The highest BCUT2D eigenvalue weighted by molar-refractivity contribution is 8.00. The predicted octanol–water partition coefficient (Wildman–Crippen LogP) is 3.93. The molecular formula is C17H18F3N3O3S. The average Bonchev–Trinajstić information content (AvgIpc) is 3.16. The third kappa shape index (κ3) is 5.01. The van der Waals surface area contributed by atoms with Gasteiger partial charge in [-0.2, -0.15) is 18.3 Å². The molecule has 0 aromatic carbocycles. The van der Waals surface area contributed by atoms with E-state index >= 15 is 0 Å². The summed E-state index contributed by atoms with van der Waals surface area (Å²) in [5.41, 5.74) is -0.427. The van der Waals surface area contributed by atoms with Crippen molar-refractivity contribution in [2.24, 2.45) is 0 Å². The SMILES string of the molecule is COC(=O)CSc1cc(-c2cnn(C3CCCCO3)c2)nc(C(F)(F)F)c1. The van der Waals surface area contributed by atoms with Crippen LogP contribution < -0.4 is 0 Å². The normalized spacial score (nSPS) is 17.7. The van der Waals surface area contributed by atoms with Gasteiger partial charge in [0.15, 0.2) is 0 Å². The van der Waals surface area contributed by atoms with Crippen LogP contribution in [0, 0.1) is 0 Å². The predicted molar refractivity (Wildman–Crippen MR) is 92.0 cm³/mol. The van der Waals surface area contributed by atoms with Crippen LogP contribution in [0.5, 0.6) is 0 Å². The number of esters is 1. The first kappa shape index (κ1) is 19.7. The van der Waals surface area contributed by atoms with Crippen molar-refractivity contribution < 1.29 is 27.4 Å². The Bertz CT molecular complexity index is 804. The van der Waals surface area contributed by atoms with E-state index in [1.807, 2.05) is 0 Å². The van der Waals surface area contributed by atoms with Crippen LogP contribution in [-0.4, -0.2) is 40.2 Å². The average molecular weight is 401 g/mol. The second kappa shape index (κ2) is 8.30. The van der Waals surface area contributed by atoms with Crippen molar-refractivity contribution in [3.63, 3.8) is 0 Å². The lowest BCUT2D eigenvalue weighted by Crippen LogP contribution is -2.18. The van der Waals surface area contributed by atoms with E-state index in [0.29, 0.717) is 12.2 Å². The van der Waals surface area contributed by atoms with Crippen LogP contribution in [0.3, 0.4) is 0 Å². The van der Waals surface area contributed by atoms with Crippen molar-refractivity contribution in [2.45, 2.75) is 36.6 Å². The Labute approximate surface area is 158 Å². The topological polar surface area (TPSA) is 66.2 Å². The van der Waals surface area contributed by atoms with E-state index in [0.717, 1.165) is 37.1 Å². The molecule has 1 fully saturated rings. The molecule has 2 aromatic rings. The number of hydrogen-bond acceptors (Lipinski definition) is 6. The van der Waals surface area contributed by atoms with Gasteiger partial charge < -0.3 is 9.47 Å². The maximum absolute atomic E-state index is 13.2. The molecule has 0 aliphatic carbocycles. The van der Waals surface area contributed by atoms with Crippen LogP contribution >= 0.6 is 11.8 Å². The van der Waals surface area contributed by atoms with Crippen LogP contribution in [0.2, 0.25) is 0 Å². The molecule has 1 atom stereocenters. The summed E-state index contributed by atoms with van der Waals surface area (Å²) in [4.78, 5) is 15.3. The van der Waals surface area contributed by atoms with Crippen LogP contribution in [0.4, 0.5) is 13.2 Å². The van der Waals surface area contributed by atoms with Gasteiger partial charge in [-0.15, -0.1) is 11.8 Å². The molecule has 10 heteroatoms. The van der Waals surface area contributed by atoms with E-state index in [-0.39, 0.29) is 22.6 Å². The smallest absolute Gasteiger partial charge is 0.433 e. The number of ether oxygens (including phenoxy) is 2. The van der Waals surface area contributed by atoms with Crippen LogP contribution in [0.25, 0.3) is 11.3 Å². The highest BCUT2D eigenvalue weighted by atomic mass is 32.2. The number of methoxy groups -OCH3 is 1. The third-order valence-corrected chi connectivity index (χ3v) is 4.97. The van der Waals surface area contributed by atoms with Crippen molar-refractivity contribution in [3.8, 4) is 11.3 Å². The number of thioether (sulfide) groups is 1. The van der Waals surface area contributed by atoms with Crippen LogP contribution in [-0.2, 0) is 20.4 Å². The molecule has 6 nitrogen and oxygen atoms in total. The zero-order valence-corrected chi connectivity index (χ0v) is 15.3. The Morgan fingerprint density at radius 2 is 2.22 bits per heavy atom. The van der Waals surface area contributed by atoms with Gasteiger partial charge in [0.05, 0.1) is 24.8 Å². The molecule has 1 aliphatic rings. The fourth-order valence-electron chi connectivity index (χ4n) is 2.64. The minimum absolute atomic E-state index is 0.0908. The molecular weight excluding hydrogens is 383 g/mol. The summed E-state index contributed by atoms with van der Waals surface area (Å²) in [6.45, 7) is 0.635. The molecule has 146 valence electrons. The standard InChI is InChI=1S/C17H18F3N3O3S/c1-25-16(24)10-27-12-6-13(22-14(7-12)17(18,19)20)11-8-21-23(9-11)15-4-2-3-5-26-15/h6-9,15H,2-5,10H2,1H3. The number of carbonyl (C=O) groups excluding carboxylic acids is 1. The summed E-state index contributed by atoms with van der Waals surface area (Å²) in [7, 11) is 1.23. The Morgan fingerprint density at radius 1 is 1.41 bits per heavy atom. The summed E-state index contributed by atoms with van der Waals surface area (Å²) in [6.07, 6.45) is 1.08. The van der Waals surface area contributed by atoms with E-state index < -0.39 is 17.8 Å². The zero-order valence-electron chi connectivity index (χ0n) is 14.5. The van der Waals surface area contributed by atoms with Crippen molar-refractivity contribution in [1.29, 1.82) is 0 Å². The first-order valence-electron chi connectivity index (χ1n) is 8.32. The molecule has 1 unspecified atom stereocenters. The molecule has 27 heavy (non-hydrogen) atoms. The molecule has 1 saturated heterocycles. The molecule has 0 N–H and O–H groups in total. The number of carbonyl (C=O) groups is 1. The molecule has 0 saturated carbocycles. The first-order chi connectivity index (χ1) is 12.9. The Balaban J connectivity index is 1.89. The maximum Gasteiger partial charge on any atom is 0.433 e. The van der Waals surface area contributed by atoms with E-state index in [1.54, 1.807) is 10.9 Å². The quantitative estimate of drug-likeness (QED) is 0.559. The number of hydrogen-bond donors (Lipinski definition) is 0. The molecule has 3 heterocycles. The minimum Gasteiger partial charge on any atom is -0.468 e. The number of aromatic nitrogens is 3. The van der Waals surface area contributed by atoms with Crippen LogP contribution in [0.15, 0.2) is 29.4 Å². The monoisotopic (exact) mass is 401 g/mol. The van der Waals surface area contributed by atoms with Gasteiger partial charge >= 0.3 is 12.1 Å². The molecule has 0 radical (unpaired) electrons. The van der Waals surface area contributed by atoms with Crippen molar-refractivity contribution in [2.75, 3.05) is 19.5 Å². The molecule has 0 bridgehead atoms. The van der Waals surface area contributed by atoms with Gasteiger partial charge in [-0.1, -0.05) is 0 Å². The molecule has 3 rings (SSSR count). The fraction of sp³-hybridized carbons (Fsp3) is 0.471. The zero-order chi connectivity index (χ0) is 19.4. The Kier molecular flexibility index (Phi) is 6.05. The van der Waals surface area contributed by atoms with Gasteiger partial charge in [0.1, 0.15) is 11.9 Å². The first-order valence-corrected chi connectivity index (χ1v) is 9.30. The Morgan fingerprint density at radius 3 is 2.89 bits per heavy atom. The molecule has 0 amide bonds. The van der Waals surface area contributed by atoms with E-state index in [1.165, 1.54) is 19.4 Å². The van der Waals surface area contributed by atoms with E-state index in [4.69, 9.17) is 4.74 Å². The van der Waals surface area contributed by atoms with Gasteiger partial charge in [-0.25, -0.2) is 9.67 Å². The summed E-state index contributed by atoms with van der Waals surface area (Å²) < 4.78 is 51.4. The lowest BCUT2D eigenvalue weighted by molar-refractivity contribution is -0.141. The summed E-state index contributed by atoms with van der Waals surface area (Å²) in [5, 5.41) is 4.21. The number of halogens is 3. The molecule has 1 aliphatic heterocycles. The second-order valence-electron chi connectivity index (χ2n) is 5.97. The number of alkyl halides is 3. The number of nitrogens with zero attached hydrogens (tertiary/aromatic N) is 3. The molecule has 2 aromatic heterocycles. The fourth-order valence-corrected chi connectivity index (χ4v) is 3.44. The van der Waals surface area contributed by atoms with Gasteiger partial charge in [-0.3, -0.25) is 4.79 Å². The van der Waals surface area contributed by atoms with Gasteiger partial charge in [0.25, 0.3) is 0 Å². The number of pyridine rings is 1.